The summed E-state index contributed by atoms with van der Waals surface area (Å²) in [5.41, 5.74) is 4.52. The molecule has 2 nitrogen and oxygen atoms in total. The van der Waals surface area contributed by atoms with Crippen LogP contribution in [0.3, 0.4) is 0 Å². The van der Waals surface area contributed by atoms with Gasteiger partial charge >= 0.3 is 0 Å². The van der Waals surface area contributed by atoms with Crippen molar-refractivity contribution in [3.05, 3.63) is 77.2 Å². The molecule has 1 aliphatic rings. The van der Waals surface area contributed by atoms with Gasteiger partial charge < -0.3 is 0 Å². The molecule has 4 rings (SSSR count). The quantitative estimate of drug-likeness (QED) is 0.647. The minimum Gasteiger partial charge on any atom is -0.278 e. The number of para-hydroxylation sites is 1. The van der Waals surface area contributed by atoms with Crippen molar-refractivity contribution in [1.29, 1.82) is 0 Å². The summed E-state index contributed by atoms with van der Waals surface area (Å²) in [4.78, 5) is 9.41. The van der Waals surface area contributed by atoms with E-state index in [0.717, 1.165) is 39.7 Å². The molecule has 3 aromatic rings. The van der Waals surface area contributed by atoms with Crippen LogP contribution < -0.4 is 0 Å². The third-order valence-corrected chi connectivity index (χ3v) is 4.23. The monoisotopic (exact) mass is 304 g/mol. The van der Waals surface area contributed by atoms with E-state index in [2.05, 4.69) is 24.9 Å². The first kappa shape index (κ1) is 14.1. The average molecular weight is 304 g/mol. The van der Waals surface area contributed by atoms with Gasteiger partial charge in [0, 0.05) is 22.7 Å². The molecule has 3 heteroatoms. The summed E-state index contributed by atoms with van der Waals surface area (Å²) >= 11 is 0. The van der Waals surface area contributed by atoms with Gasteiger partial charge in [-0.25, -0.2) is 4.39 Å². The smallest absolute Gasteiger partial charge is 0.123 e. The van der Waals surface area contributed by atoms with Gasteiger partial charge in [-0.3, -0.25) is 9.98 Å². The number of aromatic nitrogens is 1. The summed E-state index contributed by atoms with van der Waals surface area (Å²) in [5.74, 6) is -0.232. The molecule has 0 atom stereocenters. The van der Waals surface area contributed by atoms with Gasteiger partial charge in [-0.05, 0) is 50.1 Å². The Bertz CT molecular complexity index is 941. The van der Waals surface area contributed by atoms with Crippen molar-refractivity contribution in [2.75, 3.05) is 0 Å². The molecule has 0 saturated carbocycles. The zero-order valence-electron chi connectivity index (χ0n) is 13.2. The minimum absolute atomic E-state index is 0.203. The van der Waals surface area contributed by atoms with E-state index in [4.69, 9.17) is 4.99 Å². The Kier molecular flexibility index (Phi) is 3.05. The van der Waals surface area contributed by atoms with Gasteiger partial charge in [0.25, 0.3) is 0 Å². The van der Waals surface area contributed by atoms with Gasteiger partial charge in [-0.1, -0.05) is 24.3 Å². The highest BCUT2D eigenvalue weighted by Gasteiger charge is 2.27. The van der Waals surface area contributed by atoms with Crippen LogP contribution in [0.1, 0.15) is 30.5 Å². The van der Waals surface area contributed by atoms with Crippen LogP contribution in [0.4, 0.5) is 4.39 Å². The molecule has 1 aromatic heterocycles. The van der Waals surface area contributed by atoms with E-state index < -0.39 is 0 Å². The first-order valence-corrected chi connectivity index (χ1v) is 7.76. The minimum atomic E-state index is -0.232. The maximum absolute atomic E-state index is 13.8. The molecule has 0 bridgehead atoms. The summed E-state index contributed by atoms with van der Waals surface area (Å²) in [6.07, 6.45) is 2.64. The number of hydrogen-bond donors (Lipinski definition) is 0. The fourth-order valence-electron chi connectivity index (χ4n) is 3.21. The van der Waals surface area contributed by atoms with Gasteiger partial charge in [-0.15, -0.1) is 0 Å². The van der Waals surface area contributed by atoms with Crippen LogP contribution in [0.2, 0.25) is 0 Å². The molecule has 0 radical (unpaired) electrons. The molecule has 0 amide bonds. The number of pyridine rings is 1. The molecule has 0 unspecified atom stereocenters. The van der Waals surface area contributed by atoms with E-state index in [-0.39, 0.29) is 11.4 Å². The fourth-order valence-corrected chi connectivity index (χ4v) is 3.21. The predicted molar refractivity (Wildman–Crippen MR) is 91.6 cm³/mol. The van der Waals surface area contributed by atoms with Gasteiger partial charge in [0.15, 0.2) is 0 Å². The van der Waals surface area contributed by atoms with Crippen LogP contribution in [-0.2, 0) is 6.42 Å². The number of aliphatic imine (C=N–C) groups is 1. The number of benzene rings is 2. The molecule has 2 heterocycles. The molecule has 1 aliphatic heterocycles. The summed E-state index contributed by atoms with van der Waals surface area (Å²) in [6, 6.07) is 15.0. The number of hydrogen-bond acceptors (Lipinski definition) is 2. The second-order valence-corrected chi connectivity index (χ2v) is 6.67. The van der Waals surface area contributed by atoms with Crippen molar-refractivity contribution in [2.24, 2.45) is 4.99 Å². The third kappa shape index (κ3) is 2.52. The van der Waals surface area contributed by atoms with Gasteiger partial charge in [0.05, 0.1) is 16.8 Å². The second-order valence-electron chi connectivity index (χ2n) is 6.67. The lowest BCUT2D eigenvalue weighted by molar-refractivity contribution is 0.512. The van der Waals surface area contributed by atoms with E-state index in [1.165, 1.54) is 6.07 Å². The van der Waals surface area contributed by atoms with Crippen LogP contribution in [0.15, 0.2) is 59.7 Å². The Balaban J connectivity index is 1.94. The normalized spacial score (nSPS) is 16.0. The summed E-state index contributed by atoms with van der Waals surface area (Å²) < 4.78 is 13.8. The van der Waals surface area contributed by atoms with Crippen molar-refractivity contribution in [3.63, 3.8) is 0 Å². The van der Waals surface area contributed by atoms with Crippen molar-refractivity contribution < 1.29 is 4.39 Å². The third-order valence-electron chi connectivity index (χ3n) is 4.23. The lowest BCUT2D eigenvalue weighted by atomic mass is 9.85. The van der Waals surface area contributed by atoms with Crippen molar-refractivity contribution in [1.82, 2.24) is 4.98 Å². The van der Waals surface area contributed by atoms with Crippen molar-refractivity contribution >= 4 is 16.6 Å². The van der Waals surface area contributed by atoms with Gasteiger partial charge in [0.2, 0.25) is 0 Å². The van der Waals surface area contributed by atoms with E-state index in [0.29, 0.717) is 0 Å². The van der Waals surface area contributed by atoms with Crippen molar-refractivity contribution in [3.8, 4) is 0 Å². The summed E-state index contributed by atoms with van der Waals surface area (Å²) in [6.45, 7) is 4.21. The van der Waals surface area contributed by atoms with Crippen LogP contribution in [0.5, 0.6) is 0 Å². The first-order valence-electron chi connectivity index (χ1n) is 7.76. The van der Waals surface area contributed by atoms with Gasteiger partial charge in [0.1, 0.15) is 5.82 Å². The van der Waals surface area contributed by atoms with E-state index in [9.17, 15) is 4.39 Å². The maximum atomic E-state index is 13.8. The molecule has 0 spiro atoms. The van der Waals surface area contributed by atoms with E-state index in [1.807, 2.05) is 36.5 Å². The highest BCUT2D eigenvalue weighted by molar-refractivity contribution is 6.15. The Labute approximate surface area is 134 Å². The van der Waals surface area contributed by atoms with Crippen molar-refractivity contribution in [2.45, 2.75) is 25.8 Å². The second kappa shape index (κ2) is 4.98. The zero-order valence-corrected chi connectivity index (χ0v) is 13.2. The van der Waals surface area contributed by atoms with Crippen LogP contribution in [0.25, 0.3) is 10.9 Å². The average Bonchev–Trinajstić information content (AvgIpc) is 2.53. The largest absolute Gasteiger partial charge is 0.278 e. The molecule has 0 N–H and O–H groups in total. The summed E-state index contributed by atoms with van der Waals surface area (Å²) in [7, 11) is 0. The SMILES string of the molecule is CC1(C)Cc2ccc(F)cc2C(c2cnc3ccccc3c2)=N1. The maximum Gasteiger partial charge on any atom is 0.123 e. The molecular formula is C20H17FN2. The van der Waals surface area contributed by atoms with Crippen LogP contribution in [-0.4, -0.2) is 16.2 Å². The highest BCUT2D eigenvalue weighted by Crippen LogP contribution is 2.30. The van der Waals surface area contributed by atoms with Crippen LogP contribution >= 0.6 is 0 Å². The Hall–Kier alpha value is -2.55. The van der Waals surface area contributed by atoms with E-state index >= 15 is 0 Å². The molecular weight excluding hydrogens is 287 g/mol. The number of fused-ring (bicyclic) bond motifs is 2. The molecule has 0 aliphatic carbocycles. The molecule has 114 valence electrons. The molecule has 0 fully saturated rings. The van der Waals surface area contributed by atoms with E-state index in [1.54, 1.807) is 6.07 Å². The first-order chi connectivity index (χ1) is 11.0. The molecule has 2 aromatic carbocycles. The van der Waals surface area contributed by atoms with Gasteiger partial charge in [-0.2, -0.15) is 0 Å². The molecule has 0 saturated heterocycles. The lowest BCUT2D eigenvalue weighted by Crippen LogP contribution is -2.29. The Morgan fingerprint density at radius 2 is 1.87 bits per heavy atom. The topological polar surface area (TPSA) is 25.2 Å². The number of nitrogens with zero attached hydrogens (tertiary/aromatic N) is 2. The standard InChI is InChI=1S/C20H17FN2/c1-20(2)11-14-7-8-16(21)10-17(14)19(23-20)15-9-13-5-3-4-6-18(13)22-12-15/h3-10,12H,11H2,1-2H3. The Morgan fingerprint density at radius 3 is 2.74 bits per heavy atom. The Morgan fingerprint density at radius 1 is 1.04 bits per heavy atom. The highest BCUT2D eigenvalue weighted by atomic mass is 19.1. The number of halogens is 1. The predicted octanol–water partition coefficient (Wildman–Crippen LogP) is 4.55. The number of rotatable bonds is 1. The van der Waals surface area contributed by atoms with Crippen LogP contribution in [0, 0.1) is 5.82 Å². The summed E-state index contributed by atoms with van der Waals surface area (Å²) in [5, 5.41) is 1.06. The lowest BCUT2D eigenvalue weighted by Gasteiger charge is -2.29. The molecule has 23 heavy (non-hydrogen) atoms. The fraction of sp³-hybridized carbons (Fsp3) is 0.200. The zero-order chi connectivity index (χ0) is 16.0.